The fourth-order valence-electron chi connectivity index (χ4n) is 1.70. The number of nitrogens with one attached hydrogen (secondary N) is 2. The van der Waals surface area contributed by atoms with E-state index in [1.165, 1.54) is 6.20 Å². The van der Waals surface area contributed by atoms with E-state index in [-0.39, 0.29) is 5.91 Å². The Balaban J connectivity index is 1.87. The Morgan fingerprint density at radius 3 is 2.90 bits per heavy atom. The first-order valence-electron chi connectivity index (χ1n) is 6.52. The fourth-order valence-corrected chi connectivity index (χ4v) is 1.70. The maximum absolute atomic E-state index is 11.9. The van der Waals surface area contributed by atoms with Crippen molar-refractivity contribution in [3.05, 3.63) is 48.2 Å². The molecule has 0 spiro atoms. The third-order valence-corrected chi connectivity index (χ3v) is 2.65. The van der Waals surface area contributed by atoms with Crippen LogP contribution in [0.15, 0.2) is 36.9 Å². The normalized spacial score (nSPS) is 10.1. The molecule has 0 radical (unpaired) electrons. The first-order chi connectivity index (χ1) is 9.79. The second-order valence-corrected chi connectivity index (χ2v) is 4.19. The minimum atomic E-state index is -0.221. The van der Waals surface area contributed by atoms with Crippen molar-refractivity contribution < 1.29 is 4.79 Å². The van der Waals surface area contributed by atoms with Crippen LogP contribution in [0.25, 0.3) is 0 Å². The second-order valence-electron chi connectivity index (χ2n) is 4.19. The Kier molecular flexibility index (Phi) is 5.00. The highest BCUT2D eigenvalue weighted by Crippen LogP contribution is 2.02. The van der Waals surface area contributed by atoms with Gasteiger partial charge in [-0.15, -0.1) is 0 Å². The summed E-state index contributed by atoms with van der Waals surface area (Å²) in [5.41, 5.74) is 1.40. The van der Waals surface area contributed by atoms with Crippen molar-refractivity contribution in [1.29, 1.82) is 0 Å². The molecule has 0 aliphatic carbocycles. The molecule has 0 unspecified atom stereocenters. The minimum absolute atomic E-state index is 0.221. The predicted octanol–water partition coefficient (Wildman–Crippen LogP) is 1.28. The van der Waals surface area contributed by atoms with Gasteiger partial charge in [0, 0.05) is 25.5 Å². The number of carbonyl (C=O) groups is 1. The minimum Gasteiger partial charge on any atom is -0.369 e. The first-order valence-corrected chi connectivity index (χ1v) is 6.52. The summed E-state index contributed by atoms with van der Waals surface area (Å²) < 4.78 is 0. The standard InChI is InChI=1S/C14H17N5O/c1-2-17-13-10-16-9-12(19-13)14(20)18-7-5-11-4-3-6-15-8-11/h3-4,6,8-10H,2,5,7H2,1H3,(H,17,19)(H,18,20). The molecule has 1 amide bonds. The van der Waals surface area contributed by atoms with Crippen molar-refractivity contribution in [2.75, 3.05) is 18.4 Å². The van der Waals surface area contributed by atoms with Gasteiger partial charge in [0.25, 0.3) is 5.91 Å². The maximum Gasteiger partial charge on any atom is 0.271 e. The van der Waals surface area contributed by atoms with Crippen LogP contribution in [0.4, 0.5) is 5.82 Å². The topological polar surface area (TPSA) is 79.8 Å². The predicted molar refractivity (Wildman–Crippen MR) is 76.5 cm³/mol. The molecule has 0 saturated heterocycles. The van der Waals surface area contributed by atoms with E-state index in [0.29, 0.717) is 18.1 Å². The van der Waals surface area contributed by atoms with Gasteiger partial charge in [-0.25, -0.2) is 4.98 Å². The fraction of sp³-hybridized carbons (Fsp3) is 0.286. The summed E-state index contributed by atoms with van der Waals surface area (Å²) in [5.74, 6) is 0.383. The maximum atomic E-state index is 11.9. The third kappa shape index (κ3) is 4.01. The summed E-state index contributed by atoms with van der Waals surface area (Å²) in [7, 11) is 0. The molecular weight excluding hydrogens is 254 g/mol. The number of hydrogen-bond acceptors (Lipinski definition) is 5. The smallest absolute Gasteiger partial charge is 0.271 e. The molecule has 6 heteroatoms. The van der Waals surface area contributed by atoms with E-state index >= 15 is 0 Å². The summed E-state index contributed by atoms with van der Waals surface area (Å²) >= 11 is 0. The van der Waals surface area contributed by atoms with Crippen LogP contribution in [0.3, 0.4) is 0 Å². The summed E-state index contributed by atoms with van der Waals surface area (Å²) in [6.45, 7) is 3.24. The van der Waals surface area contributed by atoms with E-state index in [1.807, 2.05) is 19.1 Å². The molecule has 104 valence electrons. The van der Waals surface area contributed by atoms with Crippen LogP contribution in [0.1, 0.15) is 23.0 Å². The number of nitrogens with zero attached hydrogens (tertiary/aromatic N) is 3. The van der Waals surface area contributed by atoms with Gasteiger partial charge in [-0.2, -0.15) is 0 Å². The molecule has 2 rings (SSSR count). The number of pyridine rings is 1. The van der Waals surface area contributed by atoms with Gasteiger partial charge >= 0.3 is 0 Å². The van der Waals surface area contributed by atoms with Gasteiger partial charge in [0.2, 0.25) is 0 Å². The van der Waals surface area contributed by atoms with Crippen LogP contribution >= 0.6 is 0 Å². The van der Waals surface area contributed by atoms with Gasteiger partial charge in [0.15, 0.2) is 0 Å². The van der Waals surface area contributed by atoms with Crippen molar-refractivity contribution in [1.82, 2.24) is 20.3 Å². The lowest BCUT2D eigenvalue weighted by molar-refractivity contribution is 0.0949. The van der Waals surface area contributed by atoms with Crippen molar-refractivity contribution in [2.45, 2.75) is 13.3 Å². The molecule has 2 aromatic heterocycles. The van der Waals surface area contributed by atoms with E-state index < -0.39 is 0 Å². The number of aromatic nitrogens is 3. The summed E-state index contributed by atoms with van der Waals surface area (Å²) in [6, 6.07) is 3.85. The average Bonchev–Trinajstić information content (AvgIpc) is 2.49. The van der Waals surface area contributed by atoms with Crippen molar-refractivity contribution in [3.8, 4) is 0 Å². The van der Waals surface area contributed by atoms with Crippen LogP contribution < -0.4 is 10.6 Å². The van der Waals surface area contributed by atoms with Gasteiger partial charge in [-0.3, -0.25) is 14.8 Å². The van der Waals surface area contributed by atoms with E-state index in [1.54, 1.807) is 18.6 Å². The Labute approximate surface area is 117 Å². The molecule has 20 heavy (non-hydrogen) atoms. The van der Waals surface area contributed by atoms with Crippen molar-refractivity contribution in [2.24, 2.45) is 0 Å². The summed E-state index contributed by atoms with van der Waals surface area (Å²) in [6.07, 6.45) is 7.30. The first kappa shape index (κ1) is 13.9. The SMILES string of the molecule is CCNc1cncc(C(=O)NCCc2cccnc2)n1. The Morgan fingerprint density at radius 2 is 2.15 bits per heavy atom. The lowest BCUT2D eigenvalue weighted by Crippen LogP contribution is -2.27. The van der Waals surface area contributed by atoms with Crippen LogP contribution in [0.5, 0.6) is 0 Å². The van der Waals surface area contributed by atoms with E-state index in [9.17, 15) is 4.79 Å². The van der Waals surface area contributed by atoms with Crippen LogP contribution in [0, 0.1) is 0 Å². The molecule has 0 aliphatic rings. The van der Waals surface area contributed by atoms with Crippen molar-refractivity contribution in [3.63, 3.8) is 0 Å². The summed E-state index contributed by atoms with van der Waals surface area (Å²) in [4.78, 5) is 24.1. The van der Waals surface area contributed by atoms with Gasteiger partial charge in [0.05, 0.1) is 12.4 Å². The molecule has 6 nitrogen and oxygen atoms in total. The van der Waals surface area contributed by atoms with Crippen LogP contribution in [0.2, 0.25) is 0 Å². The van der Waals surface area contributed by atoms with Gasteiger partial charge in [-0.05, 0) is 25.0 Å². The monoisotopic (exact) mass is 271 g/mol. The molecule has 2 aromatic rings. The quantitative estimate of drug-likeness (QED) is 0.827. The van der Waals surface area contributed by atoms with Gasteiger partial charge in [-0.1, -0.05) is 6.07 Å². The third-order valence-electron chi connectivity index (χ3n) is 2.65. The van der Waals surface area contributed by atoms with Gasteiger partial charge < -0.3 is 10.6 Å². The molecule has 0 fully saturated rings. The molecule has 2 heterocycles. The van der Waals surface area contributed by atoms with E-state index in [0.717, 1.165) is 18.5 Å². The zero-order chi connectivity index (χ0) is 14.2. The van der Waals surface area contributed by atoms with Crippen molar-refractivity contribution >= 4 is 11.7 Å². The Morgan fingerprint density at radius 1 is 1.25 bits per heavy atom. The number of amides is 1. The largest absolute Gasteiger partial charge is 0.369 e. The molecule has 2 N–H and O–H groups in total. The number of anilines is 1. The Bertz CT molecular complexity index is 559. The highest BCUT2D eigenvalue weighted by molar-refractivity contribution is 5.92. The number of rotatable bonds is 6. The Hall–Kier alpha value is -2.50. The molecule has 0 aromatic carbocycles. The highest BCUT2D eigenvalue weighted by Gasteiger charge is 2.08. The number of hydrogen-bond donors (Lipinski definition) is 2. The van der Waals surface area contributed by atoms with E-state index in [2.05, 4.69) is 25.6 Å². The zero-order valence-corrected chi connectivity index (χ0v) is 11.3. The van der Waals surface area contributed by atoms with E-state index in [4.69, 9.17) is 0 Å². The molecule has 0 atom stereocenters. The second kappa shape index (κ2) is 7.18. The molecular formula is C14H17N5O. The van der Waals surface area contributed by atoms with Crippen LogP contribution in [-0.4, -0.2) is 33.9 Å². The number of carbonyl (C=O) groups excluding carboxylic acids is 1. The summed E-state index contributed by atoms with van der Waals surface area (Å²) in [5, 5.41) is 5.84. The lowest BCUT2D eigenvalue weighted by atomic mass is 10.2. The van der Waals surface area contributed by atoms with Crippen LogP contribution in [-0.2, 0) is 6.42 Å². The highest BCUT2D eigenvalue weighted by atomic mass is 16.1. The van der Waals surface area contributed by atoms with Gasteiger partial charge in [0.1, 0.15) is 11.5 Å². The molecule has 0 aliphatic heterocycles. The molecule has 0 bridgehead atoms. The molecule has 0 saturated carbocycles. The average molecular weight is 271 g/mol. The lowest BCUT2D eigenvalue weighted by Gasteiger charge is -2.06. The zero-order valence-electron chi connectivity index (χ0n) is 11.3.